The highest BCUT2D eigenvalue weighted by Crippen LogP contribution is 2.32. The zero-order valence-corrected chi connectivity index (χ0v) is 14.5. The second-order valence-electron chi connectivity index (χ2n) is 5.75. The van der Waals surface area contributed by atoms with Gasteiger partial charge in [-0.25, -0.2) is 0 Å². The number of carbonyl (C=O) groups is 1. The molecule has 1 aliphatic heterocycles. The molecule has 1 unspecified atom stereocenters. The van der Waals surface area contributed by atoms with Gasteiger partial charge in [0.2, 0.25) is 11.8 Å². The van der Waals surface area contributed by atoms with Crippen LogP contribution in [0.3, 0.4) is 0 Å². The molecule has 0 radical (unpaired) electrons. The zero-order chi connectivity index (χ0) is 17.2. The van der Waals surface area contributed by atoms with Crippen LogP contribution < -0.4 is 0 Å². The molecule has 0 aliphatic carbocycles. The first kappa shape index (κ1) is 15.9. The normalized spacial score (nSPS) is 16.7. The highest BCUT2D eigenvalue weighted by atomic mass is 32.2. The van der Waals surface area contributed by atoms with Crippen LogP contribution in [0.4, 0.5) is 0 Å². The third-order valence-corrected chi connectivity index (χ3v) is 4.96. The Morgan fingerprint density at radius 3 is 2.96 bits per heavy atom. The summed E-state index contributed by atoms with van der Waals surface area (Å²) in [6.07, 6.45) is 3.80. The largest absolute Gasteiger partial charge is 0.416 e. The summed E-state index contributed by atoms with van der Waals surface area (Å²) in [6, 6.07) is 9.67. The van der Waals surface area contributed by atoms with E-state index in [0.29, 0.717) is 17.7 Å². The predicted octanol–water partition coefficient (Wildman–Crippen LogP) is 2.30. The fourth-order valence-corrected chi connectivity index (χ4v) is 3.73. The second kappa shape index (κ2) is 6.72. The monoisotopic (exact) mass is 355 g/mol. The van der Waals surface area contributed by atoms with E-state index >= 15 is 0 Å². The molecule has 0 spiro atoms. The van der Waals surface area contributed by atoms with Crippen LogP contribution >= 0.6 is 11.8 Å². The molecule has 4 heterocycles. The van der Waals surface area contributed by atoms with Crippen molar-refractivity contribution in [3.05, 3.63) is 60.0 Å². The van der Waals surface area contributed by atoms with E-state index in [-0.39, 0.29) is 17.7 Å². The van der Waals surface area contributed by atoms with Crippen molar-refractivity contribution in [1.29, 1.82) is 0 Å². The number of amides is 1. The first-order valence-electron chi connectivity index (χ1n) is 8.01. The maximum atomic E-state index is 12.9. The number of rotatable bonds is 4. The highest BCUT2D eigenvalue weighted by Gasteiger charge is 2.32. The van der Waals surface area contributed by atoms with Crippen LogP contribution in [0.2, 0.25) is 0 Å². The lowest BCUT2D eigenvalue weighted by atomic mass is 10.1. The number of nitrogens with zero attached hydrogens (tertiary/aromatic N) is 5. The number of carbonyl (C=O) groups excluding carboxylic acids is 1. The van der Waals surface area contributed by atoms with Crippen molar-refractivity contribution in [2.45, 2.75) is 24.7 Å². The van der Waals surface area contributed by atoms with Gasteiger partial charge < -0.3 is 13.9 Å². The Labute approximate surface area is 149 Å². The van der Waals surface area contributed by atoms with Gasteiger partial charge >= 0.3 is 0 Å². The van der Waals surface area contributed by atoms with Gasteiger partial charge in [-0.2, -0.15) is 0 Å². The lowest BCUT2D eigenvalue weighted by Crippen LogP contribution is -2.43. The van der Waals surface area contributed by atoms with Gasteiger partial charge in [0.15, 0.2) is 0 Å². The minimum atomic E-state index is -0.178. The molecule has 1 amide bonds. The van der Waals surface area contributed by atoms with Gasteiger partial charge in [0.25, 0.3) is 5.22 Å². The van der Waals surface area contributed by atoms with Crippen LogP contribution in [0, 0.1) is 6.92 Å². The molecule has 25 heavy (non-hydrogen) atoms. The first-order valence-corrected chi connectivity index (χ1v) is 8.99. The van der Waals surface area contributed by atoms with E-state index < -0.39 is 0 Å². The standard InChI is InChI=1S/C17H17N5O2S/c1-12-19-20-17(24-12)25-11-15(23)22-10-9-21-8-4-6-14(21)16(22)13-5-2-3-7-18-13/h2-8,16H,9-11H2,1H3. The molecule has 0 saturated carbocycles. The average molecular weight is 355 g/mol. The zero-order valence-electron chi connectivity index (χ0n) is 13.7. The average Bonchev–Trinajstić information content (AvgIpc) is 3.28. The molecule has 0 bridgehead atoms. The topological polar surface area (TPSA) is 77.1 Å². The molecular formula is C17H17N5O2S. The number of pyridine rings is 1. The summed E-state index contributed by atoms with van der Waals surface area (Å²) >= 11 is 1.26. The molecule has 0 N–H and O–H groups in total. The number of aryl methyl sites for hydroxylation is 1. The van der Waals surface area contributed by atoms with E-state index in [9.17, 15) is 4.79 Å². The molecule has 1 aliphatic rings. The highest BCUT2D eigenvalue weighted by molar-refractivity contribution is 7.99. The van der Waals surface area contributed by atoms with E-state index in [0.717, 1.165) is 17.9 Å². The Balaban J connectivity index is 1.58. The second-order valence-corrected chi connectivity index (χ2v) is 6.67. The Bertz CT molecular complexity index is 876. The quantitative estimate of drug-likeness (QED) is 0.668. The summed E-state index contributed by atoms with van der Waals surface area (Å²) in [4.78, 5) is 19.2. The van der Waals surface area contributed by atoms with E-state index in [4.69, 9.17) is 4.42 Å². The van der Waals surface area contributed by atoms with Gasteiger partial charge in [-0.05, 0) is 24.3 Å². The van der Waals surface area contributed by atoms with E-state index in [1.54, 1.807) is 13.1 Å². The summed E-state index contributed by atoms with van der Waals surface area (Å²) in [7, 11) is 0. The van der Waals surface area contributed by atoms with Crippen LogP contribution in [0.15, 0.2) is 52.4 Å². The molecular weight excluding hydrogens is 338 g/mol. The predicted molar refractivity (Wildman–Crippen MR) is 92.0 cm³/mol. The minimum absolute atomic E-state index is 0.0314. The fraction of sp³-hybridized carbons (Fsp3) is 0.294. The summed E-state index contributed by atoms with van der Waals surface area (Å²) < 4.78 is 7.51. The maximum Gasteiger partial charge on any atom is 0.277 e. The molecule has 0 saturated heterocycles. The molecule has 8 heteroatoms. The summed E-state index contributed by atoms with van der Waals surface area (Å²) in [5, 5.41) is 8.13. The molecule has 1 atom stereocenters. The summed E-state index contributed by atoms with van der Waals surface area (Å²) in [5.41, 5.74) is 1.95. The third kappa shape index (κ3) is 3.17. The van der Waals surface area contributed by atoms with Crippen molar-refractivity contribution >= 4 is 17.7 Å². The molecule has 128 valence electrons. The molecule has 3 aromatic heterocycles. The number of hydrogen-bond donors (Lipinski definition) is 0. The Hall–Kier alpha value is -2.61. The van der Waals surface area contributed by atoms with E-state index in [1.165, 1.54) is 11.8 Å². The van der Waals surface area contributed by atoms with Crippen LogP contribution in [-0.4, -0.2) is 42.9 Å². The number of hydrogen-bond acceptors (Lipinski definition) is 6. The van der Waals surface area contributed by atoms with Gasteiger partial charge in [0.1, 0.15) is 6.04 Å². The van der Waals surface area contributed by atoms with Crippen molar-refractivity contribution in [3.63, 3.8) is 0 Å². The van der Waals surface area contributed by atoms with Crippen LogP contribution in [0.25, 0.3) is 0 Å². The van der Waals surface area contributed by atoms with Crippen LogP contribution in [-0.2, 0) is 11.3 Å². The lowest BCUT2D eigenvalue weighted by molar-refractivity contribution is -0.131. The van der Waals surface area contributed by atoms with Gasteiger partial charge in [0, 0.05) is 38.1 Å². The van der Waals surface area contributed by atoms with E-state index in [1.807, 2.05) is 41.4 Å². The third-order valence-electron chi connectivity index (χ3n) is 4.15. The smallest absolute Gasteiger partial charge is 0.277 e. The van der Waals surface area contributed by atoms with Gasteiger partial charge in [-0.15, -0.1) is 10.2 Å². The summed E-state index contributed by atoms with van der Waals surface area (Å²) in [6.45, 7) is 3.15. The van der Waals surface area contributed by atoms with Gasteiger partial charge in [-0.3, -0.25) is 9.78 Å². The molecule has 7 nitrogen and oxygen atoms in total. The van der Waals surface area contributed by atoms with Crippen LogP contribution in [0.5, 0.6) is 0 Å². The van der Waals surface area contributed by atoms with E-state index in [2.05, 4.69) is 19.7 Å². The first-order chi connectivity index (χ1) is 12.2. The summed E-state index contributed by atoms with van der Waals surface area (Å²) in [5.74, 6) is 0.784. The Morgan fingerprint density at radius 2 is 2.20 bits per heavy atom. The minimum Gasteiger partial charge on any atom is -0.416 e. The Morgan fingerprint density at radius 1 is 1.28 bits per heavy atom. The van der Waals surface area contributed by atoms with Crippen molar-refractivity contribution in [1.82, 2.24) is 24.6 Å². The SMILES string of the molecule is Cc1nnc(SCC(=O)N2CCn3cccc3C2c2ccccn2)o1. The van der Waals surface area contributed by atoms with Crippen molar-refractivity contribution in [2.75, 3.05) is 12.3 Å². The van der Waals surface area contributed by atoms with Gasteiger partial charge in [-0.1, -0.05) is 17.8 Å². The maximum absolute atomic E-state index is 12.9. The number of aromatic nitrogens is 4. The van der Waals surface area contributed by atoms with Crippen molar-refractivity contribution in [2.24, 2.45) is 0 Å². The number of thioether (sulfide) groups is 1. The number of fused-ring (bicyclic) bond motifs is 1. The lowest BCUT2D eigenvalue weighted by Gasteiger charge is -2.36. The Kier molecular flexibility index (Phi) is 4.27. The van der Waals surface area contributed by atoms with Crippen LogP contribution in [0.1, 0.15) is 23.3 Å². The molecule has 4 rings (SSSR count). The molecule has 0 aromatic carbocycles. The molecule has 3 aromatic rings. The fourth-order valence-electron chi connectivity index (χ4n) is 3.04. The molecule has 0 fully saturated rings. The van der Waals surface area contributed by atoms with Crippen molar-refractivity contribution < 1.29 is 9.21 Å². The van der Waals surface area contributed by atoms with Gasteiger partial charge in [0.05, 0.1) is 11.4 Å². The van der Waals surface area contributed by atoms with Crippen molar-refractivity contribution in [3.8, 4) is 0 Å².